The summed E-state index contributed by atoms with van der Waals surface area (Å²) in [7, 11) is 0. The lowest BCUT2D eigenvalue weighted by Gasteiger charge is -2.11. The second-order valence-electron chi connectivity index (χ2n) is 4.56. The van der Waals surface area contributed by atoms with Crippen LogP contribution >= 0.6 is 11.6 Å². The third kappa shape index (κ3) is 3.17. The first-order valence-electron chi connectivity index (χ1n) is 6.52. The summed E-state index contributed by atoms with van der Waals surface area (Å²) in [5.74, 6) is 0. The number of rotatable bonds is 5. The maximum absolute atomic E-state index is 12.0. The van der Waals surface area contributed by atoms with Crippen molar-refractivity contribution in [2.24, 2.45) is 0 Å². The Kier molecular flexibility index (Phi) is 4.74. The van der Waals surface area contributed by atoms with E-state index in [9.17, 15) is 4.79 Å². The van der Waals surface area contributed by atoms with E-state index < -0.39 is 0 Å². The van der Waals surface area contributed by atoms with E-state index in [1.165, 1.54) is 4.68 Å². The molecular formula is C14H17ClN4O. The van der Waals surface area contributed by atoms with Gasteiger partial charge in [-0.25, -0.2) is 4.68 Å². The van der Waals surface area contributed by atoms with E-state index in [2.05, 4.69) is 15.4 Å². The van der Waals surface area contributed by atoms with Crippen molar-refractivity contribution in [2.75, 3.05) is 5.32 Å². The Hall–Kier alpha value is -1.88. The van der Waals surface area contributed by atoms with Crippen LogP contribution in [0, 0.1) is 6.92 Å². The van der Waals surface area contributed by atoms with Crippen LogP contribution in [0.2, 0.25) is 5.02 Å². The zero-order valence-corrected chi connectivity index (χ0v) is 12.3. The van der Waals surface area contributed by atoms with Gasteiger partial charge in [0, 0.05) is 25.5 Å². The summed E-state index contributed by atoms with van der Waals surface area (Å²) in [5.41, 5.74) is 2.48. The molecule has 0 fully saturated rings. The van der Waals surface area contributed by atoms with Gasteiger partial charge in [-0.15, -0.1) is 0 Å². The summed E-state index contributed by atoms with van der Waals surface area (Å²) in [6, 6.07) is 1.94. The van der Waals surface area contributed by atoms with E-state index in [-0.39, 0.29) is 10.6 Å². The SMILES string of the molecule is CCCn1ncc(NCc2cnccc2C)c(Cl)c1=O. The molecule has 0 spiro atoms. The summed E-state index contributed by atoms with van der Waals surface area (Å²) in [6.45, 7) is 5.12. The van der Waals surface area contributed by atoms with Crippen molar-refractivity contribution in [3.63, 3.8) is 0 Å². The molecule has 6 heteroatoms. The third-order valence-electron chi connectivity index (χ3n) is 3.04. The Bertz CT molecular complexity index is 654. The van der Waals surface area contributed by atoms with Crippen LogP contribution in [0.4, 0.5) is 5.69 Å². The van der Waals surface area contributed by atoms with Crippen LogP contribution in [-0.2, 0) is 13.1 Å². The fourth-order valence-electron chi connectivity index (χ4n) is 1.83. The molecule has 0 radical (unpaired) electrons. The predicted molar refractivity (Wildman–Crippen MR) is 80.1 cm³/mol. The first kappa shape index (κ1) is 14.5. The molecule has 106 valence electrons. The molecule has 0 aromatic carbocycles. The second-order valence-corrected chi connectivity index (χ2v) is 4.93. The van der Waals surface area contributed by atoms with E-state index in [1.54, 1.807) is 18.6 Å². The number of hydrogen-bond acceptors (Lipinski definition) is 4. The molecule has 0 aliphatic carbocycles. The lowest BCUT2D eigenvalue weighted by atomic mass is 10.1. The van der Waals surface area contributed by atoms with E-state index in [0.29, 0.717) is 18.8 Å². The third-order valence-corrected chi connectivity index (χ3v) is 3.40. The van der Waals surface area contributed by atoms with E-state index in [0.717, 1.165) is 17.5 Å². The summed E-state index contributed by atoms with van der Waals surface area (Å²) in [4.78, 5) is 16.1. The molecule has 2 aromatic heterocycles. The molecular weight excluding hydrogens is 276 g/mol. The molecule has 0 amide bonds. The van der Waals surface area contributed by atoms with Gasteiger partial charge in [-0.1, -0.05) is 18.5 Å². The minimum Gasteiger partial charge on any atom is -0.378 e. The second kappa shape index (κ2) is 6.52. The molecule has 0 aliphatic heterocycles. The van der Waals surface area contributed by atoms with Gasteiger partial charge in [-0.2, -0.15) is 5.10 Å². The van der Waals surface area contributed by atoms with Gasteiger partial charge in [0.05, 0.1) is 11.9 Å². The molecule has 20 heavy (non-hydrogen) atoms. The molecule has 1 N–H and O–H groups in total. The van der Waals surface area contributed by atoms with Crippen molar-refractivity contribution >= 4 is 17.3 Å². The normalized spacial score (nSPS) is 10.6. The van der Waals surface area contributed by atoms with E-state index >= 15 is 0 Å². The summed E-state index contributed by atoms with van der Waals surface area (Å²) < 4.78 is 1.38. The van der Waals surface area contributed by atoms with E-state index in [1.807, 2.05) is 19.9 Å². The van der Waals surface area contributed by atoms with Crippen molar-refractivity contribution in [2.45, 2.75) is 33.4 Å². The average Bonchev–Trinajstić information content (AvgIpc) is 2.45. The fourth-order valence-corrected chi connectivity index (χ4v) is 2.04. The molecule has 0 aliphatic rings. The molecule has 2 aromatic rings. The van der Waals surface area contributed by atoms with Gasteiger partial charge >= 0.3 is 0 Å². The minimum absolute atomic E-state index is 0.176. The van der Waals surface area contributed by atoms with Crippen molar-refractivity contribution < 1.29 is 0 Å². The Balaban J connectivity index is 2.17. The summed E-state index contributed by atoms with van der Waals surface area (Å²) in [5, 5.41) is 7.41. The van der Waals surface area contributed by atoms with Gasteiger partial charge in [0.15, 0.2) is 0 Å². The van der Waals surface area contributed by atoms with Crippen LogP contribution < -0.4 is 10.9 Å². The topological polar surface area (TPSA) is 59.8 Å². The molecule has 2 rings (SSSR count). The van der Waals surface area contributed by atoms with Gasteiger partial charge in [0.25, 0.3) is 5.56 Å². The Labute approximate surface area is 122 Å². The largest absolute Gasteiger partial charge is 0.378 e. The quantitative estimate of drug-likeness (QED) is 0.920. The molecule has 0 atom stereocenters. The molecule has 0 bridgehead atoms. The van der Waals surface area contributed by atoms with Gasteiger partial charge < -0.3 is 5.32 Å². The lowest BCUT2D eigenvalue weighted by Crippen LogP contribution is -2.24. The van der Waals surface area contributed by atoms with Gasteiger partial charge in [0.2, 0.25) is 0 Å². The molecule has 0 saturated heterocycles. The Morgan fingerprint density at radius 3 is 2.90 bits per heavy atom. The smallest absolute Gasteiger partial charge is 0.287 e. The van der Waals surface area contributed by atoms with Crippen molar-refractivity contribution in [3.05, 3.63) is 51.2 Å². The van der Waals surface area contributed by atoms with Crippen molar-refractivity contribution in [1.82, 2.24) is 14.8 Å². The van der Waals surface area contributed by atoms with Gasteiger partial charge in [-0.05, 0) is 30.5 Å². The van der Waals surface area contributed by atoms with Crippen LogP contribution in [0.15, 0.2) is 29.5 Å². The van der Waals surface area contributed by atoms with E-state index in [4.69, 9.17) is 11.6 Å². The van der Waals surface area contributed by atoms with Crippen molar-refractivity contribution in [3.8, 4) is 0 Å². The number of aryl methyl sites for hydroxylation is 2. The zero-order valence-electron chi connectivity index (χ0n) is 11.6. The minimum atomic E-state index is -0.263. The van der Waals surface area contributed by atoms with Gasteiger partial charge in [-0.3, -0.25) is 9.78 Å². The Morgan fingerprint density at radius 2 is 2.20 bits per heavy atom. The Morgan fingerprint density at radius 1 is 1.40 bits per heavy atom. The first-order chi connectivity index (χ1) is 9.63. The highest BCUT2D eigenvalue weighted by Crippen LogP contribution is 2.17. The molecule has 5 nitrogen and oxygen atoms in total. The number of hydrogen-bond donors (Lipinski definition) is 1. The van der Waals surface area contributed by atoms with Crippen LogP contribution in [0.1, 0.15) is 24.5 Å². The van der Waals surface area contributed by atoms with Gasteiger partial charge in [0.1, 0.15) is 5.02 Å². The average molecular weight is 293 g/mol. The number of halogens is 1. The highest BCUT2D eigenvalue weighted by molar-refractivity contribution is 6.32. The molecule has 0 unspecified atom stereocenters. The highest BCUT2D eigenvalue weighted by atomic mass is 35.5. The highest BCUT2D eigenvalue weighted by Gasteiger charge is 2.09. The van der Waals surface area contributed by atoms with Crippen LogP contribution in [0.25, 0.3) is 0 Å². The first-order valence-corrected chi connectivity index (χ1v) is 6.90. The maximum Gasteiger partial charge on any atom is 0.287 e. The lowest BCUT2D eigenvalue weighted by molar-refractivity contribution is 0.568. The maximum atomic E-state index is 12.0. The zero-order chi connectivity index (χ0) is 14.5. The monoisotopic (exact) mass is 292 g/mol. The molecule has 0 saturated carbocycles. The summed E-state index contributed by atoms with van der Waals surface area (Å²) in [6.07, 6.45) is 5.97. The number of nitrogens with one attached hydrogen (secondary N) is 1. The fraction of sp³-hybridized carbons (Fsp3) is 0.357. The number of aromatic nitrogens is 3. The summed E-state index contributed by atoms with van der Waals surface area (Å²) >= 11 is 6.09. The molecule has 2 heterocycles. The van der Waals surface area contributed by atoms with Crippen LogP contribution in [-0.4, -0.2) is 14.8 Å². The standard InChI is InChI=1S/C14H17ClN4O/c1-3-6-19-14(20)13(15)12(9-18-19)17-8-11-7-16-5-4-10(11)2/h4-5,7,9,17H,3,6,8H2,1-2H3. The van der Waals surface area contributed by atoms with Crippen molar-refractivity contribution in [1.29, 1.82) is 0 Å². The predicted octanol–water partition coefficient (Wildman–Crippen LogP) is 2.62. The number of anilines is 1. The number of nitrogens with zero attached hydrogens (tertiary/aromatic N) is 3. The van der Waals surface area contributed by atoms with Crippen LogP contribution in [0.5, 0.6) is 0 Å². The number of pyridine rings is 1. The van der Waals surface area contributed by atoms with Crippen LogP contribution in [0.3, 0.4) is 0 Å².